The Kier molecular flexibility index (Phi) is 4.07. The predicted octanol–water partition coefficient (Wildman–Crippen LogP) is 2.72. The molecule has 0 aliphatic carbocycles. The minimum absolute atomic E-state index is 0.000352. The lowest BCUT2D eigenvalue weighted by Gasteiger charge is -2.09. The Hall–Kier alpha value is -2.63. The maximum atomic E-state index is 11.4. The zero-order valence-electron chi connectivity index (χ0n) is 12.0. The molecule has 6 nitrogen and oxygen atoms in total. The molecular weight excluding hydrogens is 272 g/mol. The molecule has 2 heterocycles. The summed E-state index contributed by atoms with van der Waals surface area (Å²) in [5, 5.41) is 9.36. The number of aldehydes is 1. The van der Waals surface area contributed by atoms with E-state index in [1.807, 2.05) is 13.8 Å². The molecule has 0 aliphatic heterocycles. The van der Waals surface area contributed by atoms with Crippen molar-refractivity contribution in [2.75, 3.05) is 7.11 Å². The van der Waals surface area contributed by atoms with Crippen LogP contribution in [0.1, 0.15) is 46.2 Å². The van der Waals surface area contributed by atoms with Crippen molar-refractivity contribution in [1.82, 2.24) is 9.97 Å². The van der Waals surface area contributed by atoms with Crippen LogP contribution in [0.25, 0.3) is 11.4 Å². The molecule has 2 aromatic heterocycles. The molecule has 0 bridgehead atoms. The molecule has 0 saturated heterocycles. The third-order valence-corrected chi connectivity index (χ3v) is 3.17. The van der Waals surface area contributed by atoms with Gasteiger partial charge in [0.25, 0.3) is 0 Å². The highest BCUT2D eigenvalue weighted by Crippen LogP contribution is 2.33. The molecule has 0 fully saturated rings. The number of methoxy groups -OCH3 is 1. The van der Waals surface area contributed by atoms with Crippen LogP contribution in [-0.2, 0) is 0 Å². The SMILES string of the molecule is COc1cccc(-c2[nH]c(C=O)c(C(=O)O)c2C(C)C)n1. The van der Waals surface area contributed by atoms with E-state index < -0.39 is 5.97 Å². The van der Waals surface area contributed by atoms with Crippen molar-refractivity contribution in [2.45, 2.75) is 19.8 Å². The summed E-state index contributed by atoms with van der Waals surface area (Å²) in [4.78, 5) is 29.7. The minimum Gasteiger partial charge on any atom is -0.481 e. The Morgan fingerprint density at radius 2 is 2.14 bits per heavy atom. The van der Waals surface area contributed by atoms with Gasteiger partial charge in [0.2, 0.25) is 5.88 Å². The Bertz CT molecular complexity index is 689. The third kappa shape index (κ3) is 2.65. The molecule has 0 atom stereocenters. The van der Waals surface area contributed by atoms with Gasteiger partial charge in [-0.2, -0.15) is 0 Å². The zero-order valence-corrected chi connectivity index (χ0v) is 12.0. The number of carboxylic acid groups (broad SMARTS) is 1. The van der Waals surface area contributed by atoms with Crippen molar-refractivity contribution in [3.8, 4) is 17.3 Å². The first-order valence-corrected chi connectivity index (χ1v) is 6.45. The molecule has 6 heteroatoms. The van der Waals surface area contributed by atoms with Crippen LogP contribution in [0.5, 0.6) is 5.88 Å². The van der Waals surface area contributed by atoms with E-state index >= 15 is 0 Å². The van der Waals surface area contributed by atoms with Crippen LogP contribution in [0, 0.1) is 0 Å². The van der Waals surface area contributed by atoms with Gasteiger partial charge in [0.1, 0.15) is 0 Å². The van der Waals surface area contributed by atoms with Gasteiger partial charge < -0.3 is 14.8 Å². The number of rotatable bonds is 5. The van der Waals surface area contributed by atoms with Crippen molar-refractivity contribution >= 4 is 12.3 Å². The number of ether oxygens (including phenoxy) is 1. The Labute approximate surface area is 121 Å². The molecule has 110 valence electrons. The van der Waals surface area contributed by atoms with Crippen molar-refractivity contribution in [2.24, 2.45) is 0 Å². The second-order valence-corrected chi connectivity index (χ2v) is 4.85. The van der Waals surface area contributed by atoms with E-state index in [4.69, 9.17) is 4.74 Å². The highest BCUT2D eigenvalue weighted by atomic mass is 16.5. The fraction of sp³-hybridized carbons (Fsp3) is 0.267. The average Bonchev–Trinajstić information content (AvgIpc) is 2.87. The van der Waals surface area contributed by atoms with Crippen LogP contribution in [0.4, 0.5) is 0 Å². The normalized spacial score (nSPS) is 10.7. The lowest BCUT2D eigenvalue weighted by Crippen LogP contribution is -2.04. The number of nitrogens with one attached hydrogen (secondary N) is 1. The third-order valence-electron chi connectivity index (χ3n) is 3.17. The van der Waals surface area contributed by atoms with E-state index in [-0.39, 0.29) is 17.2 Å². The molecule has 2 N–H and O–H groups in total. The van der Waals surface area contributed by atoms with Crippen LogP contribution in [0.2, 0.25) is 0 Å². The van der Waals surface area contributed by atoms with Crippen molar-refractivity contribution < 1.29 is 19.4 Å². The van der Waals surface area contributed by atoms with Crippen LogP contribution in [0.3, 0.4) is 0 Å². The van der Waals surface area contributed by atoms with E-state index in [2.05, 4.69) is 9.97 Å². The number of hydrogen-bond acceptors (Lipinski definition) is 4. The van der Waals surface area contributed by atoms with Gasteiger partial charge in [-0.15, -0.1) is 0 Å². The number of nitrogens with zero attached hydrogens (tertiary/aromatic N) is 1. The van der Waals surface area contributed by atoms with Crippen LogP contribution in [0.15, 0.2) is 18.2 Å². The van der Waals surface area contributed by atoms with Gasteiger partial charge in [0.05, 0.1) is 29.8 Å². The van der Waals surface area contributed by atoms with Crippen LogP contribution < -0.4 is 4.74 Å². The highest BCUT2D eigenvalue weighted by molar-refractivity contribution is 6.00. The molecule has 0 saturated carbocycles. The molecular formula is C15H16N2O4. The van der Waals surface area contributed by atoms with Crippen molar-refractivity contribution in [3.05, 3.63) is 35.0 Å². The van der Waals surface area contributed by atoms with E-state index in [0.717, 1.165) is 0 Å². The molecule has 0 aromatic carbocycles. The number of H-pyrrole nitrogens is 1. The number of hydrogen-bond donors (Lipinski definition) is 2. The molecule has 2 rings (SSSR count). The van der Waals surface area contributed by atoms with Gasteiger partial charge in [-0.3, -0.25) is 4.79 Å². The monoisotopic (exact) mass is 288 g/mol. The second kappa shape index (κ2) is 5.78. The Balaban J connectivity index is 2.73. The summed E-state index contributed by atoms with van der Waals surface area (Å²) in [6, 6.07) is 5.19. The van der Waals surface area contributed by atoms with Crippen LogP contribution in [-0.4, -0.2) is 34.4 Å². The molecule has 0 spiro atoms. The largest absolute Gasteiger partial charge is 0.481 e. The topological polar surface area (TPSA) is 92.3 Å². The molecule has 0 radical (unpaired) electrons. The van der Waals surface area contributed by atoms with Gasteiger partial charge in [-0.05, 0) is 17.5 Å². The number of carbonyl (C=O) groups is 2. The van der Waals surface area contributed by atoms with E-state index in [9.17, 15) is 14.7 Å². The lowest BCUT2D eigenvalue weighted by atomic mass is 9.96. The standard InChI is InChI=1S/C15H16N2O4/c1-8(2)12-13(15(19)20)10(7-18)17-14(12)9-5-4-6-11(16-9)21-3/h4-8,17H,1-3H3,(H,19,20). The Morgan fingerprint density at radius 3 is 2.67 bits per heavy atom. The maximum absolute atomic E-state index is 11.4. The smallest absolute Gasteiger partial charge is 0.338 e. The summed E-state index contributed by atoms with van der Waals surface area (Å²) in [6.45, 7) is 3.74. The number of aromatic carboxylic acids is 1. The van der Waals surface area contributed by atoms with Gasteiger partial charge in [-0.1, -0.05) is 19.9 Å². The molecule has 2 aromatic rings. The fourth-order valence-electron chi connectivity index (χ4n) is 2.30. The van der Waals surface area contributed by atoms with E-state index in [1.165, 1.54) is 7.11 Å². The summed E-state index contributed by atoms with van der Waals surface area (Å²) in [6.07, 6.45) is 0.513. The van der Waals surface area contributed by atoms with Crippen molar-refractivity contribution in [1.29, 1.82) is 0 Å². The molecule has 0 amide bonds. The van der Waals surface area contributed by atoms with Crippen LogP contribution >= 0.6 is 0 Å². The first-order chi connectivity index (χ1) is 9.99. The first-order valence-electron chi connectivity index (χ1n) is 6.45. The highest BCUT2D eigenvalue weighted by Gasteiger charge is 2.25. The Morgan fingerprint density at radius 1 is 1.43 bits per heavy atom. The number of pyridine rings is 1. The molecule has 0 aliphatic rings. The number of aromatic nitrogens is 2. The molecule has 0 unspecified atom stereocenters. The quantitative estimate of drug-likeness (QED) is 0.825. The van der Waals surface area contributed by atoms with Gasteiger partial charge in [-0.25, -0.2) is 9.78 Å². The number of carbonyl (C=O) groups excluding carboxylic acids is 1. The minimum atomic E-state index is -1.13. The number of carboxylic acids is 1. The van der Waals surface area contributed by atoms with Gasteiger partial charge in [0, 0.05) is 6.07 Å². The summed E-state index contributed by atoms with van der Waals surface area (Å²) in [5.41, 5.74) is 1.67. The summed E-state index contributed by atoms with van der Waals surface area (Å²) in [5.74, 6) is -0.795. The average molecular weight is 288 g/mol. The fourth-order valence-corrected chi connectivity index (χ4v) is 2.30. The van der Waals surface area contributed by atoms with E-state index in [0.29, 0.717) is 29.1 Å². The van der Waals surface area contributed by atoms with Gasteiger partial charge in [0.15, 0.2) is 6.29 Å². The molecule has 21 heavy (non-hydrogen) atoms. The predicted molar refractivity (Wildman–Crippen MR) is 77.0 cm³/mol. The van der Waals surface area contributed by atoms with Crippen molar-refractivity contribution in [3.63, 3.8) is 0 Å². The summed E-state index contributed by atoms with van der Waals surface area (Å²) >= 11 is 0. The summed E-state index contributed by atoms with van der Waals surface area (Å²) in [7, 11) is 1.50. The second-order valence-electron chi connectivity index (χ2n) is 4.85. The maximum Gasteiger partial charge on any atom is 0.338 e. The lowest BCUT2D eigenvalue weighted by molar-refractivity contribution is 0.0692. The van der Waals surface area contributed by atoms with E-state index in [1.54, 1.807) is 18.2 Å². The summed E-state index contributed by atoms with van der Waals surface area (Å²) < 4.78 is 5.08. The van der Waals surface area contributed by atoms with Gasteiger partial charge >= 0.3 is 5.97 Å². The zero-order chi connectivity index (χ0) is 15.6. The first kappa shape index (κ1) is 14.8. The number of aromatic amines is 1.